The van der Waals surface area contributed by atoms with Crippen LogP contribution in [0.25, 0.3) is 0 Å². The maximum absolute atomic E-state index is 12.1. The third-order valence-electron chi connectivity index (χ3n) is 3.56. The van der Waals surface area contributed by atoms with Crippen LogP contribution in [-0.4, -0.2) is 50.9 Å². The molecular formula is C16H18N2O7. The lowest BCUT2D eigenvalue weighted by atomic mass is 10.1. The fraction of sp³-hybridized carbons (Fsp3) is 0.438. The highest BCUT2D eigenvalue weighted by Gasteiger charge is 2.25. The van der Waals surface area contributed by atoms with Gasteiger partial charge in [-0.25, -0.2) is 9.59 Å². The molecule has 0 spiro atoms. The highest BCUT2D eigenvalue weighted by molar-refractivity contribution is 5.97. The lowest BCUT2D eigenvalue weighted by Crippen LogP contribution is -2.42. The van der Waals surface area contributed by atoms with Crippen LogP contribution in [0, 0.1) is 0 Å². The number of carbonyl (C=O) groups excluding carboxylic acids is 3. The van der Waals surface area contributed by atoms with Gasteiger partial charge in [0.2, 0.25) is 5.75 Å². The monoisotopic (exact) mass is 350 g/mol. The molecule has 1 aromatic rings. The van der Waals surface area contributed by atoms with Gasteiger partial charge in [-0.1, -0.05) is 0 Å². The zero-order valence-corrected chi connectivity index (χ0v) is 13.6. The lowest BCUT2D eigenvalue weighted by molar-refractivity contribution is -0.123. The summed E-state index contributed by atoms with van der Waals surface area (Å²) < 4.78 is 21.0. The summed E-state index contributed by atoms with van der Waals surface area (Å²) in [5, 5.41) is 4.69. The molecule has 0 saturated heterocycles. The summed E-state index contributed by atoms with van der Waals surface area (Å²) >= 11 is 0. The fourth-order valence-electron chi connectivity index (χ4n) is 2.22. The molecule has 0 aromatic heterocycles. The van der Waals surface area contributed by atoms with E-state index in [0.717, 1.165) is 12.8 Å². The number of urea groups is 1. The molecule has 134 valence electrons. The van der Waals surface area contributed by atoms with Crippen molar-refractivity contribution in [3.05, 3.63) is 17.7 Å². The van der Waals surface area contributed by atoms with E-state index >= 15 is 0 Å². The Morgan fingerprint density at radius 2 is 1.96 bits per heavy atom. The number of rotatable bonds is 5. The zero-order valence-electron chi connectivity index (χ0n) is 13.6. The molecular weight excluding hydrogens is 332 g/mol. The first-order chi connectivity index (χ1) is 12.1. The number of amides is 3. The predicted molar refractivity (Wildman–Crippen MR) is 84.0 cm³/mol. The Hall–Kier alpha value is -2.97. The van der Waals surface area contributed by atoms with Crippen LogP contribution >= 0.6 is 0 Å². The molecule has 1 fully saturated rings. The van der Waals surface area contributed by atoms with Crippen molar-refractivity contribution >= 4 is 17.9 Å². The number of carbonyl (C=O) groups is 3. The van der Waals surface area contributed by atoms with Gasteiger partial charge < -0.3 is 24.3 Å². The molecule has 2 N–H and O–H groups in total. The van der Waals surface area contributed by atoms with Crippen LogP contribution in [0.15, 0.2) is 12.1 Å². The molecule has 25 heavy (non-hydrogen) atoms. The Balaban J connectivity index is 1.57. The molecule has 1 saturated carbocycles. The maximum Gasteiger partial charge on any atom is 0.338 e. The van der Waals surface area contributed by atoms with Crippen LogP contribution in [0.4, 0.5) is 4.79 Å². The number of imide groups is 1. The molecule has 1 aromatic carbocycles. The maximum atomic E-state index is 12.1. The first kappa shape index (κ1) is 16.9. The lowest BCUT2D eigenvalue weighted by Gasteiger charge is -2.21. The van der Waals surface area contributed by atoms with Gasteiger partial charge in [-0.3, -0.25) is 10.1 Å². The average Bonchev–Trinajstić information content (AvgIpc) is 3.42. The quantitative estimate of drug-likeness (QED) is 0.748. The average molecular weight is 350 g/mol. The molecule has 0 bridgehead atoms. The SMILES string of the molecule is COc1cc(C(=O)OCC(=O)NC(=O)NC2CC2)cc2c1OCCO2. The van der Waals surface area contributed by atoms with E-state index in [1.165, 1.54) is 19.2 Å². The number of hydrogen-bond acceptors (Lipinski definition) is 7. The Morgan fingerprint density at radius 3 is 2.68 bits per heavy atom. The molecule has 2 aliphatic rings. The summed E-state index contributed by atoms with van der Waals surface area (Å²) in [6.07, 6.45) is 1.81. The second-order valence-corrected chi connectivity index (χ2v) is 5.57. The second-order valence-electron chi connectivity index (χ2n) is 5.57. The third-order valence-corrected chi connectivity index (χ3v) is 3.56. The van der Waals surface area contributed by atoms with Gasteiger partial charge in [0.15, 0.2) is 18.1 Å². The molecule has 9 nitrogen and oxygen atoms in total. The number of ether oxygens (including phenoxy) is 4. The van der Waals surface area contributed by atoms with Crippen molar-refractivity contribution in [1.82, 2.24) is 10.6 Å². The van der Waals surface area contributed by atoms with Crippen LogP contribution in [0.3, 0.4) is 0 Å². The smallest absolute Gasteiger partial charge is 0.338 e. The van der Waals surface area contributed by atoms with Crippen LogP contribution in [0.5, 0.6) is 17.2 Å². The summed E-state index contributed by atoms with van der Waals surface area (Å²) in [5.41, 5.74) is 0.149. The third kappa shape index (κ3) is 4.31. The van der Waals surface area contributed by atoms with Crippen molar-refractivity contribution in [3.8, 4) is 17.2 Å². The standard InChI is InChI=1S/C16H18N2O7/c1-22-11-6-9(7-12-14(11)24-5-4-23-12)15(20)25-8-13(19)18-16(21)17-10-2-3-10/h6-7,10H,2-5,8H2,1H3,(H2,17,18,19,21). The fourth-order valence-corrected chi connectivity index (χ4v) is 2.22. The minimum absolute atomic E-state index is 0.125. The van der Waals surface area contributed by atoms with Crippen molar-refractivity contribution in [1.29, 1.82) is 0 Å². The molecule has 0 radical (unpaired) electrons. The van der Waals surface area contributed by atoms with E-state index in [9.17, 15) is 14.4 Å². The topological polar surface area (TPSA) is 112 Å². The zero-order chi connectivity index (χ0) is 17.8. The summed E-state index contributed by atoms with van der Waals surface area (Å²) in [5.74, 6) is -0.341. The van der Waals surface area contributed by atoms with Gasteiger partial charge in [-0.05, 0) is 25.0 Å². The molecule has 9 heteroatoms. The summed E-state index contributed by atoms with van der Waals surface area (Å²) in [6.45, 7) is 0.164. The molecule has 3 amide bonds. The number of nitrogens with one attached hydrogen (secondary N) is 2. The highest BCUT2D eigenvalue weighted by Crippen LogP contribution is 2.40. The molecule has 3 rings (SSSR count). The number of hydrogen-bond donors (Lipinski definition) is 2. The van der Waals surface area contributed by atoms with Gasteiger partial charge in [0.1, 0.15) is 13.2 Å². The van der Waals surface area contributed by atoms with Gasteiger partial charge in [0.05, 0.1) is 12.7 Å². The van der Waals surface area contributed by atoms with E-state index in [-0.39, 0.29) is 11.6 Å². The van der Waals surface area contributed by atoms with Crippen LogP contribution in [-0.2, 0) is 9.53 Å². The minimum Gasteiger partial charge on any atom is -0.493 e. The number of benzene rings is 1. The normalized spacial score (nSPS) is 15.1. The number of esters is 1. The summed E-state index contributed by atoms with van der Waals surface area (Å²) in [6, 6.07) is 2.43. The largest absolute Gasteiger partial charge is 0.493 e. The molecule has 0 atom stereocenters. The van der Waals surface area contributed by atoms with Crippen molar-refractivity contribution in [2.45, 2.75) is 18.9 Å². The molecule has 1 aliphatic heterocycles. The Labute approximate surface area is 143 Å². The second kappa shape index (κ2) is 7.29. The predicted octanol–water partition coefficient (Wildman–Crippen LogP) is 0.611. The summed E-state index contributed by atoms with van der Waals surface area (Å²) in [4.78, 5) is 35.2. The molecule has 1 aliphatic carbocycles. The van der Waals surface area contributed by atoms with E-state index in [2.05, 4.69) is 10.6 Å². The van der Waals surface area contributed by atoms with Gasteiger partial charge in [-0.2, -0.15) is 0 Å². The Bertz CT molecular complexity index is 683. The van der Waals surface area contributed by atoms with Crippen molar-refractivity contribution in [2.24, 2.45) is 0 Å². The van der Waals surface area contributed by atoms with Crippen molar-refractivity contribution in [2.75, 3.05) is 26.9 Å². The van der Waals surface area contributed by atoms with Gasteiger partial charge in [0, 0.05) is 6.04 Å². The minimum atomic E-state index is -0.743. The first-order valence-corrected chi connectivity index (χ1v) is 7.82. The molecule has 1 heterocycles. The van der Waals surface area contributed by atoms with Crippen molar-refractivity contribution < 1.29 is 33.3 Å². The first-order valence-electron chi connectivity index (χ1n) is 7.82. The van der Waals surface area contributed by atoms with E-state index in [0.29, 0.717) is 30.5 Å². The van der Waals surface area contributed by atoms with Crippen LogP contribution < -0.4 is 24.8 Å². The Morgan fingerprint density at radius 1 is 1.20 bits per heavy atom. The van der Waals surface area contributed by atoms with E-state index in [4.69, 9.17) is 18.9 Å². The number of methoxy groups -OCH3 is 1. The van der Waals surface area contributed by atoms with E-state index in [1.54, 1.807) is 0 Å². The van der Waals surface area contributed by atoms with Crippen LogP contribution in [0.1, 0.15) is 23.2 Å². The number of fused-ring (bicyclic) bond motifs is 1. The van der Waals surface area contributed by atoms with E-state index in [1.807, 2.05) is 0 Å². The highest BCUT2D eigenvalue weighted by atomic mass is 16.6. The van der Waals surface area contributed by atoms with Gasteiger partial charge in [0.25, 0.3) is 5.91 Å². The van der Waals surface area contributed by atoms with Crippen molar-refractivity contribution in [3.63, 3.8) is 0 Å². The summed E-state index contributed by atoms with van der Waals surface area (Å²) in [7, 11) is 1.44. The molecule has 0 unspecified atom stereocenters. The van der Waals surface area contributed by atoms with Gasteiger partial charge >= 0.3 is 12.0 Å². The Kier molecular flexibility index (Phi) is 4.92. The van der Waals surface area contributed by atoms with Crippen LogP contribution in [0.2, 0.25) is 0 Å². The van der Waals surface area contributed by atoms with E-state index < -0.39 is 24.5 Å². The van der Waals surface area contributed by atoms with Gasteiger partial charge in [-0.15, -0.1) is 0 Å².